The molecule has 0 aliphatic heterocycles. The second-order valence-electron chi connectivity index (χ2n) is 4.75. The minimum Gasteiger partial charge on any atom is -0.497 e. The van der Waals surface area contributed by atoms with Crippen molar-refractivity contribution in [3.63, 3.8) is 0 Å². The summed E-state index contributed by atoms with van der Waals surface area (Å²) >= 11 is 5.83. The van der Waals surface area contributed by atoms with Gasteiger partial charge in [-0.3, -0.25) is 0 Å². The lowest BCUT2D eigenvalue weighted by atomic mass is 10.1. The summed E-state index contributed by atoms with van der Waals surface area (Å²) < 4.78 is 10.9. The number of halogens is 1. The van der Waals surface area contributed by atoms with E-state index in [1.54, 1.807) is 7.11 Å². The molecule has 0 saturated heterocycles. The zero-order valence-electron chi connectivity index (χ0n) is 12.3. The molecule has 112 valence electrons. The van der Waals surface area contributed by atoms with Gasteiger partial charge in [-0.1, -0.05) is 23.7 Å². The van der Waals surface area contributed by atoms with Gasteiger partial charge in [0.15, 0.2) is 0 Å². The van der Waals surface area contributed by atoms with E-state index in [-0.39, 0.29) is 6.04 Å². The van der Waals surface area contributed by atoms with Gasteiger partial charge in [0.25, 0.3) is 0 Å². The standard InChI is InChI=1S/C17H20ClNO2/c1-13(14-4-3-5-17(12-14)20-2)19-10-11-21-16-8-6-15(18)7-9-16/h3-9,12-13,19H,10-11H2,1-2H3. The Labute approximate surface area is 130 Å². The van der Waals surface area contributed by atoms with Gasteiger partial charge in [-0.2, -0.15) is 0 Å². The fourth-order valence-corrected chi connectivity index (χ4v) is 2.13. The van der Waals surface area contributed by atoms with Crippen molar-refractivity contribution >= 4 is 11.6 Å². The molecule has 2 aromatic rings. The molecule has 0 spiro atoms. The predicted octanol–water partition coefficient (Wildman–Crippen LogP) is 4.08. The molecular formula is C17H20ClNO2. The molecule has 0 saturated carbocycles. The van der Waals surface area contributed by atoms with Gasteiger partial charge in [0.05, 0.1) is 7.11 Å². The average Bonchev–Trinajstić information content (AvgIpc) is 2.53. The Hall–Kier alpha value is -1.71. The van der Waals surface area contributed by atoms with Crippen molar-refractivity contribution < 1.29 is 9.47 Å². The molecular weight excluding hydrogens is 286 g/mol. The van der Waals surface area contributed by atoms with Crippen LogP contribution in [-0.4, -0.2) is 20.3 Å². The fraction of sp³-hybridized carbons (Fsp3) is 0.294. The Morgan fingerprint density at radius 2 is 1.86 bits per heavy atom. The molecule has 21 heavy (non-hydrogen) atoms. The molecule has 0 amide bonds. The fourth-order valence-electron chi connectivity index (χ4n) is 2.00. The van der Waals surface area contributed by atoms with Gasteiger partial charge in [-0.25, -0.2) is 0 Å². The van der Waals surface area contributed by atoms with E-state index in [1.165, 1.54) is 5.56 Å². The predicted molar refractivity (Wildman–Crippen MR) is 86.4 cm³/mol. The molecule has 0 heterocycles. The summed E-state index contributed by atoms with van der Waals surface area (Å²) in [4.78, 5) is 0. The van der Waals surface area contributed by atoms with E-state index in [2.05, 4.69) is 18.3 Å². The quantitative estimate of drug-likeness (QED) is 0.782. The Morgan fingerprint density at radius 1 is 1.10 bits per heavy atom. The third kappa shape index (κ3) is 4.96. The summed E-state index contributed by atoms with van der Waals surface area (Å²) in [7, 11) is 1.68. The van der Waals surface area contributed by atoms with Crippen molar-refractivity contribution in [2.45, 2.75) is 13.0 Å². The molecule has 0 aliphatic carbocycles. The summed E-state index contributed by atoms with van der Waals surface area (Å²) in [5, 5.41) is 4.14. The van der Waals surface area contributed by atoms with Crippen molar-refractivity contribution in [1.82, 2.24) is 5.32 Å². The van der Waals surface area contributed by atoms with E-state index in [0.29, 0.717) is 11.6 Å². The Kier molecular flexibility index (Phi) is 5.90. The summed E-state index contributed by atoms with van der Waals surface area (Å²) in [5.41, 5.74) is 1.20. The Bertz CT molecular complexity index is 557. The number of hydrogen-bond acceptors (Lipinski definition) is 3. The van der Waals surface area contributed by atoms with Crippen LogP contribution in [0.5, 0.6) is 11.5 Å². The third-order valence-electron chi connectivity index (χ3n) is 3.23. The first-order valence-corrected chi connectivity index (χ1v) is 7.32. The lowest BCUT2D eigenvalue weighted by molar-refractivity contribution is 0.307. The Balaban J connectivity index is 1.76. The lowest BCUT2D eigenvalue weighted by Crippen LogP contribution is -2.24. The minimum absolute atomic E-state index is 0.244. The number of ether oxygens (including phenoxy) is 2. The maximum Gasteiger partial charge on any atom is 0.119 e. The van der Waals surface area contributed by atoms with Crippen LogP contribution in [0.1, 0.15) is 18.5 Å². The molecule has 2 rings (SSSR count). The van der Waals surface area contributed by atoms with Gasteiger partial charge in [-0.15, -0.1) is 0 Å². The van der Waals surface area contributed by atoms with Crippen molar-refractivity contribution in [2.24, 2.45) is 0 Å². The van der Waals surface area contributed by atoms with Gasteiger partial charge in [0.2, 0.25) is 0 Å². The number of rotatable bonds is 7. The highest BCUT2D eigenvalue weighted by Crippen LogP contribution is 2.18. The minimum atomic E-state index is 0.244. The summed E-state index contributed by atoms with van der Waals surface area (Å²) in [5.74, 6) is 1.70. The zero-order valence-corrected chi connectivity index (χ0v) is 13.1. The molecule has 0 fully saturated rings. The van der Waals surface area contributed by atoms with Crippen LogP contribution >= 0.6 is 11.6 Å². The van der Waals surface area contributed by atoms with E-state index < -0.39 is 0 Å². The molecule has 2 aromatic carbocycles. The van der Waals surface area contributed by atoms with Crippen molar-refractivity contribution in [1.29, 1.82) is 0 Å². The van der Waals surface area contributed by atoms with Crippen LogP contribution in [0.2, 0.25) is 5.02 Å². The van der Waals surface area contributed by atoms with Crippen molar-refractivity contribution in [2.75, 3.05) is 20.3 Å². The highest BCUT2D eigenvalue weighted by Gasteiger charge is 2.05. The second-order valence-corrected chi connectivity index (χ2v) is 5.19. The zero-order chi connectivity index (χ0) is 15.1. The van der Waals surface area contributed by atoms with E-state index in [1.807, 2.05) is 42.5 Å². The number of hydrogen-bond donors (Lipinski definition) is 1. The van der Waals surface area contributed by atoms with Crippen LogP contribution in [0.15, 0.2) is 48.5 Å². The second kappa shape index (κ2) is 7.91. The summed E-state index contributed by atoms with van der Waals surface area (Å²) in [6.07, 6.45) is 0. The molecule has 1 N–H and O–H groups in total. The molecule has 1 unspecified atom stereocenters. The van der Waals surface area contributed by atoms with Crippen LogP contribution in [-0.2, 0) is 0 Å². The van der Waals surface area contributed by atoms with Gasteiger partial charge in [0.1, 0.15) is 18.1 Å². The van der Waals surface area contributed by atoms with Gasteiger partial charge < -0.3 is 14.8 Å². The van der Waals surface area contributed by atoms with E-state index >= 15 is 0 Å². The first kappa shape index (κ1) is 15.7. The highest BCUT2D eigenvalue weighted by molar-refractivity contribution is 6.30. The van der Waals surface area contributed by atoms with Crippen LogP contribution in [0, 0.1) is 0 Å². The number of methoxy groups -OCH3 is 1. The third-order valence-corrected chi connectivity index (χ3v) is 3.48. The van der Waals surface area contributed by atoms with Crippen LogP contribution < -0.4 is 14.8 Å². The van der Waals surface area contributed by atoms with Crippen LogP contribution in [0.4, 0.5) is 0 Å². The molecule has 4 heteroatoms. The number of nitrogens with one attached hydrogen (secondary N) is 1. The molecule has 0 aromatic heterocycles. The highest BCUT2D eigenvalue weighted by atomic mass is 35.5. The summed E-state index contributed by atoms with van der Waals surface area (Å²) in [6.45, 7) is 3.49. The average molecular weight is 306 g/mol. The maximum absolute atomic E-state index is 5.83. The molecule has 1 atom stereocenters. The van der Waals surface area contributed by atoms with Gasteiger partial charge >= 0.3 is 0 Å². The van der Waals surface area contributed by atoms with Crippen LogP contribution in [0.25, 0.3) is 0 Å². The SMILES string of the molecule is COc1cccc(C(C)NCCOc2ccc(Cl)cc2)c1. The molecule has 0 radical (unpaired) electrons. The van der Waals surface area contributed by atoms with Crippen molar-refractivity contribution in [3.05, 3.63) is 59.1 Å². The topological polar surface area (TPSA) is 30.5 Å². The van der Waals surface area contributed by atoms with E-state index in [9.17, 15) is 0 Å². The van der Waals surface area contributed by atoms with Gasteiger partial charge in [0, 0.05) is 17.6 Å². The monoisotopic (exact) mass is 305 g/mol. The molecule has 0 bridgehead atoms. The van der Waals surface area contributed by atoms with E-state index in [4.69, 9.17) is 21.1 Å². The van der Waals surface area contributed by atoms with Crippen molar-refractivity contribution in [3.8, 4) is 11.5 Å². The Morgan fingerprint density at radius 3 is 2.57 bits per heavy atom. The molecule has 3 nitrogen and oxygen atoms in total. The maximum atomic E-state index is 5.83. The molecule has 0 aliphatic rings. The summed E-state index contributed by atoms with van der Waals surface area (Å²) in [6, 6.07) is 15.7. The number of benzene rings is 2. The van der Waals surface area contributed by atoms with Gasteiger partial charge in [-0.05, 0) is 48.9 Å². The normalized spacial score (nSPS) is 12.0. The first-order valence-electron chi connectivity index (χ1n) is 6.95. The van der Waals surface area contributed by atoms with E-state index in [0.717, 1.165) is 18.0 Å². The largest absolute Gasteiger partial charge is 0.497 e. The van der Waals surface area contributed by atoms with Crippen LogP contribution in [0.3, 0.4) is 0 Å². The smallest absolute Gasteiger partial charge is 0.119 e. The first-order chi connectivity index (χ1) is 10.2. The lowest BCUT2D eigenvalue weighted by Gasteiger charge is -2.15.